The van der Waals surface area contributed by atoms with E-state index in [9.17, 15) is 0 Å². The van der Waals surface area contributed by atoms with Gasteiger partial charge < -0.3 is 18.6 Å². The van der Waals surface area contributed by atoms with E-state index in [2.05, 4.69) is 20.3 Å². The summed E-state index contributed by atoms with van der Waals surface area (Å²) in [5, 5.41) is 13.9. The number of aromatic nitrogens is 5. The van der Waals surface area contributed by atoms with E-state index in [0.29, 0.717) is 46.2 Å². The molecule has 0 bridgehead atoms. The zero-order chi connectivity index (χ0) is 20.5. The first-order valence-corrected chi connectivity index (χ1v) is 10.5. The molecule has 2 aromatic heterocycles. The van der Waals surface area contributed by atoms with Crippen molar-refractivity contribution in [2.24, 2.45) is 7.05 Å². The number of benzene rings is 2. The first kappa shape index (κ1) is 19.0. The maximum atomic E-state index is 6.19. The third-order valence-corrected chi connectivity index (χ3v) is 5.91. The Labute approximate surface area is 181 Å². The Morgan fingerprint density at radius 2 is 1.90 bits per heavy atom. The van der Waals surface area contributed by atoms with E-state index < -0.39 is 0 Å². The van der Waals surface area contributed by atoms with Crippen LogP contribution in [0.15, 0.2) is 58.2 Å². The van der Waals surface area contributed by atoms with Crippen molar-refractivity contribution in [1.82, 2.24) is 24.9 Å². The second-order valence-corrected chi connectivity index (χ2v) is 7.90. The fraction of sp³-hybridized carbons (Fsp3) is 0.200. The predicted molar refractivity (Wildman–Crippen MR) is 111 cm³/mol. The number of nitrogens with zero attached hydrogens (tertiary/aromatic N) is 5. The second-order valence-electron chi connectivity index (χ2n) is 6.55. The van der Waals surface area contributed by atoms with Crippen molar-refractivity contribution < 1.29 is 14.0 Å². The summed E-state index contributed by atoms with van der Waals surface area (Å²) in [6.07, 6.45) is -0.330. The van der Waals surface area contributed by atoms with E-state index in [1.54, 1.807) is 6.07 Å². The van der Waals surface area contributed by atoms with E-state index in [1.807, 2.05) is 54.1 Å². The lowest BCUT2D eigenvalue weighted by Gasteiger charge is -2.25. The lowest BCUT2D eigenvalue weighted by Crippen LogP contribution is -2.24. The molecule has 0 spiro atoms. The molecule has 0 amide bonds. The van der Waals surface area contributed by atoms with Crippen LogP contribution in [0.5, 0.6) is 11.5 Å². The maximum Gasteiger partial charge on any atom is 0.259 e. The van der Waals surface area contributed by atoms with Gasteiger partial charge in [0.1, 0.15) is 6.61 Å². The van der Waals surface area contributed by atoms with Crippen molar-refractivity contribution in [1.29, 1.82) is 0 Å². The van der Waals surface area contributed by atoms with Gasteiger partial charge in [-0.1, -0.05) is 52.8 Å². The van der Waals surface area contributed by atoms with Crippen molar-refractivity contribution in [3.8, 4) is 23.0 Å². The SMILES string of the molecule is Cn1c(SCc2noc(-c3ccccc3Cl)n2)nnc1C1COc2ccccc2O1. The number of thioether (sulfide) groups is 1. The first-order chi connectivity index (χ1) is 14.7. The predicted octanol–water partition coefficient (Wildman–Crippen LogP) is 4.32. The fourth-order valence-electron chi connectivity index (χ4n) is 3.06. The molecular weight excluding hydrogens is 426 g/mol. The molecule has 0 saturated carbocycles. The molecule has 30 heavy (non-hydrogen) atoms. The molecule has 0 fully saturated rings. The zero-order valence-corrected chi connectivity index (χ0v) is 17.4. The minimum Gasteiger partial charge on any atom is -0.485 e. The van der Waals surface area contributed by atoms with Crippen LogP contribution in [0.4, 0.5) is 0 Å². The van der Waals surface area contributed by atoms with Crippen molar-refractivity contribution in [3.05, 3.63) is 65.2 Å². The Kier molecular flexibility index (Phi) is 5.06. The number of hydrogen-bond acceptors (Lipinski definition) is 8. The molecule has 0 saturated heterocycles. The number of rotatable bonds is 5. The van der Waals surface area contributed by atoms with Crippen LogP contribution >= 0.6 is 23.4 Å². The lowest BCUT2D eigenvalue weighted by molar-refractivity contribution is 0.0825. The topological polar surface area (TPSA) is 88.1 Å². The van der Waals surface area contributed by atoms with Crippen LogP contribution in [0.25, 0.3) is 11.5 Å². The Balaban J connectivity index is 1.28. The first-order valence-electron chi connectivity index (χ1n) is 9.17. The summed E-state index contributed by atoms with van der Waals surface area (Å²) < 4.78 is 19.0. The summed E-state index contributed by atoms with van der Waals surface area (Å²) >= 11 is 7.65. The van der Waals surface area contributed by atoms with Crippen LogP contribution in [0.1, 0.15) is 17.8 Å². The highest BCUT2D eigenvalue weighted by atomic mass is 35.5. The van der Waals surface area contributed by atoms with Gasteiger partial charge in [-0.05, 0) is 24.3 Å². The summed E-state index contributed by atoms with van der Waals surface area (Å²) in [5.74, 6) is 3.54. The molecule has 1 aliphatic rings. The number of fused-ring (bicyclic) bond motifs is 1. The Morgan fingerprint density at radius 3 is 2.77 bits per heavy atom. The fourth-order valence-corrected chi connectivity index (χ4v) is 4.04. The highest BCUT2D eigenvalue weighted by molar-refractivity contribution is 7.98. The third kappa shape index (κ3) is 3.61. The second kappa shape index (κ2) is 8.00. The van der Waals surface area contributed by atoms with Crippen LogP contribution in [-0.2, 0) is 12.8 Å². The van der Waals surface area contributed by atoms with Gasteiger partial charge >= 0.3 is 0 Å². The molecule has 0 radical (unpaired) electrons. The monoisotopic (exact) mass is 441 g/mol. The Bertz CT molecular complexity index is 1190. The average molecular weight is 442 g/mol. The van der Waals surface area contributed by atoms with E-state index in [-0.39, 0.29) is 6.10 Å². The molecule has 8 nitrogen and oxygen atoms in total. The van der Waals surface area contributed by atoms with E-state index >= 15 is 0 Å². The van der Waals surface area contributed by atoms with Gasteiger partial charge in [0.15, 0.2) is 34.4 Å². The van der Waals surface area contributed by atoms with E-state index in [0.717, 1.165) is 10.9 Å². The van der Waals surface area contributed by atoms with Crippen molar-refractivity contribution in [3.63, 3.8) is 0 Å². The molecular formula is C20H16ClN5O3S. The molecule has 5 rings (SSSR count). The van der Waals surface area contributed by atoms with E-state index in [4.69, 9.17) is 25.6 Å². The standard InChI is InChI=1S/C20H16ClN5O3S/c1-26-18(16-10-27-14-8-4-5-9-15(14)28-16)23-24-20(26)30-11-17-22-19(29-25-17)12-6-2-3-7-13(12)21/h2-9,16H,10-11H2,1H3. The van der Waals surface area contributed by atoms with Crippen molar-refractivity contribution in [2.75, 3.05) is 6.61 Å². The molecule has 4 aromatic rings. The molecule has 1 atom stereocenters. The van der Waals surface area contributed by atoms with Gasteiger partial charge in [-0.3, -0.25) is 0 Å². The molecule has 2 aromatic carbocycles. The summed E-state index contributed by atoms with van der Waals surface area (Å²) in [6, 6.07) is 14.9. The minimum absolute atomic E-state index is 0.330. The maximum absolute atomic E-state index is 6.19. The van der Waals surface area contributed by atoms with Crippen LogP contribution in [0.2, 0.25) is 5.02 Å². The van der Waals surface area contributed by atoms with E-state index in [1.165, 1.54) is 11.8 Å². The number of para-hydroxylation sites is 2. The van der Waals surface area contributed by atoms with Gasteiger partial charge in [0, 0.05) is 7.05 Å². The third-order valence-electron chi connectivity index (χ3n) is 4.57. The smallest absolute Gasteiger partial charge is 0.259 e. The Morgan fingerprint density at radius 1 is 1.10 bits per heavy atom. The van der Waals surface area contributed by atoms with Crippen LogP contribution < -0.4 is 9.47 Å². The molecule has 152 valence electrons. The highest BCUT2D eigenvalue weighted by Crippen LogP contribution is 2.36. The summed E-state index contributed by atoms with van der Waals surface area (Å²) in [7, 11) is 1.90. The number of halogens is 1. The van der Waals surface area contributed by atoms with Crippen LogP contribution in [0.3, 0.4) is 0 Å². The van der Waals surface area contributed by atoms with Gasteiger partial charge in [-0.15, -0.1) is 10.2 Å². The van der Waals surface area contributed by atoms with Crippen LogP contribution in [-0.4, -0.2) is 31.5 Å². The normalized spacial score (nSPS) is 15.3. The van der Waals surface area contributed by atoms with Gasteiger partial charge in [-0.2, -0.15) is 4.98 Å². The lowest BCUT2D eigenvalue weighted by atomic mass is 10.2. The van der Waals surface area contributed by atoms with Gasteiger partial charge in [0.05, 0.1) is 16.3 Å². The highest BCUT2D eigenvalue weighted by Gasteiger charge is 2.27. The molecule has 1 aliphatic heterocycles. The van der Waals surface area contributed by atoms with Crippen molar-refractivity contribution in [2.45, 2.75) is 17.0 Å². The average Bonchev–Trinajstić information content (AvgIpc) is 3.39. The zero-order valence-electron chi connectivity index (χ0n) is 15.9. The minimum atomic E-state index is -0.330. The molecule has 1 unspecified atom stereocenters. The van der Waals surface area contributed by atoms with Gasteiger partial charge in [0.25, 0.3) is 5.89 Å². The number of hydrogen-bond donors (Lipinski definition) is 0. The van der Waals surface area contributed by atoms with Gasteiger partial charge in [-0.25, -0.2) is 0 Å². The number of ether oxygens (including phenoxy) is 2. The van der Waals surface area contributed by atoms with Crippen LogP contribution in [0, 0.1) is 0 Å². The molecule has 0 aliphatic carbocycles. The van der Waals surface area contributed by atoms with Gasteiger partial charge in [0.2, 0.25) is 0 Å². The van der Waals surface area contributed by atoms with Crippen molar-refractivity contribution >= 4 is 23.4 Å². The largest absolute Gasteiger partial charge is 0.485 e. The summed E-state index contributed by atoms with van der Waals surface area (Å²) in [5.41, 5.74) is 0.707. The molecule has 3 heterocycles. The molecule has 0 N–H and O–H groups in total. The Hall–Kier alpha value is -3.04. The quantitative estimate of drug-likeness (QED) is 0.423. The summed E-state index contributed by atoms with van der Waals surface area (Å²) in [6.45, 7) is 0.375. The summed E-state index contributed by atoms with van der Waals surface area (Å²) in [4.78, 5) is 4.42. The molecule has 10 heteroatoms.